The fourth-order valence-electron chi connectivity index (χ4n) is 4.35. The number of hydrogen-bond acceptors (Lipinski definition) is 6. The first-order chi connectivity index (χ1) is 19.9. The zero-order valence-electron chi connectivity index (χ0n) is 24.5. The molecule has 2 amide bonds. The van der Waals surface area contributed by atoms with E-state index in [0.29, 0.717) is 17.3 Å². The number of nitrogens with zero attached hydrogens (tertiary/aromatic N) is 2. The average molecular weight is 616 g/mol. The Labute approximate surface area is 253 Å². The van der Waals surface area contributed by atoms with Crippen molar-refractivity contribution >= 4 is 39.1 Å². The minimum Gasteiger partial charge on any atom is -0.497 e. The van der Waals surface area contributed by atoms with Gasteiger partial charge in [-0.3, -0.25) is 13.9 Å². The fraction of sp³-hybridized carbons (Fsp3) is 0.355. The normalized spacial score (nSPS) is 12.0. The number of hydrogen-bond donors (Lipinski definition) is 1. The second-order valence-corrected chi connectivity index (χ2v) is 12.6. The largest absolute Gasteiger partial charge is 0.497 e. The number of amides is 2. The van der Waals surface area contributed by atoms with Gasteiger partial charge in [-0.2, -0.15) is 0 Å². The highest BCUT2D eigenvalue weighted by molar-refractivity contribution is 7.92. The molecular weight excluding hydrogens is 578 g/mol. The van der Waals surface area contributed by atoms with Crippen LogP contribution in [0.25, 0.3) is 0 Å². The third kappa shape index (κ3) is 9.12. The number of nitrogens with one attached hydrogen (secondary N) is 1. The highest BCUT2D eigenvalue weighted by Crippen LogP contribution is 2.34. The molecule has 3 aromatic rings. The molecule has 0 saturated carbocycles. The molecule has 0 fully saturated rings. The molecule has 0 aliphatic rings. The number of methoxy groups -OCH3 is 2. The van der Waals surface area contributed by atoms with E-state index in [4.69, 9.17) is 21.1 Å². The standard InChI is InChI=1S/C31H38ClN3O6S/c1-22(2)19-33-31(37)28(17-23-9-7-6-8-10-23)34(20-24-11-13-25(32)14-12-24)30(36)21-35(42(5,38)39)27-18-26(40-3)15-16-29(27)41-4/h6-16,18,22,28H,17,19-21H2,1-5H3,(H,33,37)/t28-/m1/s1. The molecule has 0 aliphatic heterocycles. The molecule has 0 aromatic heterocycles. The third-order valence-corrected chi connectivity index (χ3v) is 7.93. The summed E-state index contributed by atoms with van der Waals surface area (Å²) < 4.78 is 37.9. The Morgan fingerprint density at radius 3 is 2.17 bits per heavy atom. The van der Waals surface area contributed by atoms with Crippen molar-refractivity contribution in [2.24, 2.45) is 5.92 Å². The van der Waals surface area contributed by atoms with E-state index in [2.05, 4.69) is 5.32 Å². The molecule has 42 heavy (non-hydrogen) atoms. The minimum atomic E-state index is -3.98. The van der Waals surface area contributed by atoms with Crippen LogP contribution >= 0.6 is 11.6 Å². The lowest BCUT2D eigenvalue weighted by molar-refractivity contribution is -0.140. The van der Waals surface area contributed by atoms with Crippen LogP contribution in [0.1, 0.15) is 25.0 Å². The molecule has 0 saturated heterocycles. The monoisotopic (exact) mass is 615 g/mol. The van der Waals surface area contributed by atoms with Gasteiger partial charge in [0.05, 0.1) is 26.2 Å². The molecule has 0 heterocycles. The summed E-state index contributed by atoms with van der Waals surface area (Å²) >= 11 is 6.10. The maximum atomic E-state index is 14.2. The summed E-state index contributed by atoms with van der Waals surface area (Å²) in [4.78, 5) is 29.3. The summed E-state index contributed by atoms with van der Waals surface area (Å²) in [5.74, 6) is -0.0812. The summed E-state index contributed by atoms with van der Waals surface area (Å²) in [7, 11) is -1.11. The molecule has 0 bridgehead atoms. The molecule has 0 radical (unpaired) electrons. The first-order valence-electron chi connectivity index (χ1n) is 13.5. The molecule has 1 N–H and O–H groups in total. The van der Waals surface area contributed by atoms with Gasteiger partial charge in [-0.1, -0.05) is 67.9 Å². The van der Waals surface area contributed by atoms with Gasteiger partial charge >= 0.3 is 0 Å². The Bertz CT molecular complexity index is 1450. The lowest BCUT2D eigenvalue weighted by Gasteiger charge is -2.34. The molecule has 1 atom stereocenters. The zero-order valence-corrected chi connectivity index (χ0v) is 26.1. The first-order valence-corrected chi connectivity index (χ1v) is 15.7. The lowest BCUT2D eigenvalue weighted by Crippen LogP contribution is -2.53. The Hall–Kier alpha value is -3.76. The molecular formula is C31H38ClN3O6S. The van der Waals surface area contributed by atoms with E-state index in [0.717, 1.165) is 21.7 Å². The van der Waals surface area contributed by atoms with Crippen LogP contribution in [0, 0.1) is 5.92 Å². The molecule has 0 spiro atoms. The van der Waals surface area contributed by atoms with Crippen molar-refractivity contribution in [2.75, 3.05) is 37.9 Å². The summed E-state index contributed by atoms with van der Waals surface area (Å²) in [6, 6.07) is 20.1. The number of carbonyl (C=O) groups excluding carboxylic acids is 2. The molecule has 11 heteroatoms. The van der Waals surface area contributed by atoms with Gasteiger partial charge in [0, 0.05) is 30.6 Å². The van der Waals surface area contributed by atoms with Crippen LogP contribution in [0.5, 0.6) is 11.5 Å². The molecule has 9 nitrogen and oxygen atoms in total. The molecule has 3 rings (SSSR count). The molecule has 0 aliphatic carbocycles. The van der Waals surface area contributed by atoms with Gasteiger partial charge in [0.2, 0.25) is 21.8 Å². The van der Waals surface area contributed by atoms with Gasteiger partial charge in [0.25, 0.3) is 0 Å². The number of sulfonamides is 1. The summed E-state index contributed by atoms with van der Waals surface area (Å²) in [5, 5.41) is 3.49. The second-order valence-electron chi connectivity index (χ2n) is 10.3. The first kappa shape index (κ1) is 32.8. The van der Waals surface area contributed by atoms with E-state index in [1.807, 2.05) is 44.2 Å². The van der Waals surface area contributed by atoms with Crippen LogP contribution in [-0.2, 0) is 32.6 Å². The third-order valence-electron chi connectivity index (χ3n) is 6.56. The summed E-state index contributed by atoms with van der Waals surface area (Å²) in [6.07, 6.45) is 1.24. The maximum absolute atomic E-state index is 14.2. The van der Waals surface area contributed by atoms with Crippen LogP contribution in [0.2, 0.25) is 5.02 Å². The Kier molecular flexibility index (Phi) is 11.6. The van der Waals surface area contributed by atoms with Crippen LogP contribution in [-0.4, -0.2) is 64.7 Å². The van der Waals surface area contributed by atoms with Gasteiger partial charge < -0.3 is 19.7 Å². The van der Waals surface area contributed by atoms with E-state index in [1.165, 1.54) is 25.2 Å². The van der Waals surface area contributed by atoms with Crippen molar-refractivity contribution in [3.05, 3.63) is 88.9 Å². The number of carbonyl (C=O) groups is 2. The van der Waals surface area contributed by atoms with Gasteiger partial charge in [0.15, 0.2) is 0 Å². The Morgan fingerprint density at radius 1 is 0.929 bits per heavy atom. The molecule has 3 aromatic carbocycles. The number of anilines is 1. The van der Waals surface area contributed by atoms with Crippen LogP contribution in [0.3, 0.4) is 0 Å². The summed E-state index contributed by atoms with van der Waals surface area (Å²) in [6.45, 7) is 3.86. The maximum Gasteiger partial charge on any atom is 0.244 e. The van der Waals surface area contributed by atoms with Crippen LogP contribution in [0.15, 0.2) is 72.8 Å². The van der Waals surface area contributed by atoms with E-state index in [9.17, 15) is 18.0 Å². The predicted octanol–water partition coefficient (Wildman–Crippen LogP) is 4.54. The SMILES string of the molecule is COc1ccc(OC)c(N(CC(=O)N(Cc2ccc(Cl)cc2)[C@H](Cc2ccccc2)C(=O)NCC(C)C)S(C)(=O)=O)c1. The molecule has 226 valence electrons. The fourth-order valence-corrected chi connectivity index (χ4v) is 5.32. The Balaban J connectivity index is 2.09. The number of benzene rings is 3. The second kappa shape index (κ2) is 14.9. The van der Waals surface area contributed by atoms with Gasteiger partial charge in [-0.05, 0) is 41.3 Å². The van der Waals surface area contributed by atoms with Crippen LogP contribution in [0.4, 0.5) is 5.69 Å². The van der Waals surface area contributed by atoms with E-state index in [1.54, 1.807) is 36.4 Å². The minimum absolute atomic E-state index is 0.0510. The van der Waals surface area contributed by atoms with Gasteiger partial charge in [-0.15, -0.1) is 0 Å². The van der Waals surface area contributed by atoms with Crippen molar-refractivity contribution in [1.82, 2.24) is 10.2 Å². The van der Waals surface area contributed by atoms with Crippen molar-refractivity contribution in [3.63, 3.8) is 0 Å². The van der Waals surface area contributed by atoms with Crippen molar-refractivity contribution in [1.29, 1.82) is 0 Å². The lowest BCUT2D eigenvalue weighted by atomic mass is 10.0. The van der Waals surface area contributed by atoms with E-state index in [-0.39, 0.29) is 36.2 Å². The predicted molar refractivity (Wildman–Crippen MR) is 166 cm³/mol. The van der Waals surface area contributed by atoms with Gasteiger partial charge in [0.1, 0.15) is 24.1 Å². The van der Waals surface area contributed by atoms with Crippen LogP contribution < -0.4 is 19.1 Å². The number of halogens is 1. The highest BCUT2D eigenvalue weighted by Gasteiger charge is 2.34. The number of rotatable bonds is 14. The topological polar surface area (TPSA) is 105 Å². The number of ether oxygens (including phenoxy) is 2. The highest BCUT2D eigenvalue weighted by atomic mass is 35.5. The zero-order chi connectivity index (χ0) is 30.9. The van der Waals surface area contributed by atoms with Crippen molar-refractivity contribution in [3.8, 4) is 11.5 Å². The quantitative estimate of drug-likeness (QED) is 0.286. The smallest absolute Gasteiger partial charge is 0.244 e. The van der Waals surface area contributed by atoms with Crippen molar-refractivity contribution in [2.45, 2.75) is 32.9 Å². The van der Waals surface area contributed by atoms with Gasteiger partial charge in [-0.25, -0.2) is 8.42 Å². The Morgan fingerprint density at radius 2 is 1.60 bits per heavy atom. The average Bonchev–Trinajstić information content (AvgIpc) is 2.96. The van der Waals surface area contributed by atoms with E-state index >= 15 is 0 Å². The van der Waals surface area contributed by atoms with Crippen molar-refractivity contribution < 1.29 is 27.5 Å². The van der Waals surface area contributed by atoms with E-state index < -0.39 is 28.5 Å². The summed E-state index contributed by atoms with van der Waals surface area (Å²) in [5.41, 5.74) is 1.72. The molecule has 0 unspecified atom stereocenters.